The Morgan fingerprint density at radius 2 is 2.05 bits per heavy atom. The molecule has 0 spiro atoms. The maximum absolute atomic E-state index is 12.3. The largest absolute Gasteiger partial charge is 0.389 e. The number of benzene rings is 1. The normalized spacial score (nSPS) is 17.2. The monoisotopic (exact) mass is 306 g/mol. The van der Waals surface area contributed by atoms with Gasteiger partial charge in [0.05, 0.1) is 19.3 Å². The van der Waals surface area contributed by atoms with Crippen LogP contribution >= 0.6 is 0 Å². The van der Waals surface area contributed by atoms with Gasteiger partial charge in [-0.1, -0.05) is 30.3 Å². The molecule has 1 heterocycles. The molecular weight excluding hydrogens is 280 g/mol. The van der Waals surface area contributed by atoms with Crippen molar-refractivity contribution in [1.82, 2.24) is 10.2 Å². The molecule has 1 aliphatic heterocycles. The molecule has 0 radical (unpaired) electrons. The van der Waals surface area contributed by atoms with E-state index in [1.165, 1.54) is 0 Å². The van der Waals surface area contributed by atoms with Crippen LogP contribution in [-0.2, 0) is 16.1 Å². The van der Waals surface area contributed by atoms with Gasteiger partial charge in [0, 0.05) is 19.5 Å². The third kappa shape index (κ3) is 5.40. The lowest BCUT2D eigenvalue weighted by molar-refractivity contribution is -0.136. The number of rotatable bonds is 7. The van der Waals surface area contributed by atoms with Crippen LogP contribution in [-0.4, -0.2) is 55.3 Å². The van der Waals surface area contributed by atoms with E-state index in [1.807, 2.05) is 30.3 Å². The van der Waals surface area contributed by atoms with Gasteiger partial charge in [0.25, 0.3) is 0 Å². The predicted octanol–water partition coefficient (Wildman–Crippen LogP) is 1.02. The molecule has 0 saturated carbocycles. The molecule has 1 fully saturated rings. The van der Waals surface area contributed by atoms with Crippen LogP contribution in [0.15, 0.2) is 30.3 Å². The molecule has 1 aromatic carbocycles. The molecule has 1 amide bonds. The number of hydrogen-bond acceptors (Lipinski definition) is 4. The van der Waals surface area contributed by atoms with E-state index in [9.17, 15) is 9.90 Å². The molecule has 5 nitrogen and oxygen atoms in total. The number of likely N-dealkylation sites (N-methyl/N-ethyl adjacent to an activating group) is 1. The minimum Gasteiger partial charge on any atom is -0.389 e. The number of amides is 1. The van der Waals surface area contributed by atoms with E-state index in [2.05, 4.69) is 5.32 Å². The van der Waals surface area contributed by atoms with Crippen LogP contribution in [0, 0.1) is 5.92 Å². The van der Waals surface area contributed by atoms with Crippen LogP contribution in [0.25, 0.3) is 0 Å². The lowest BCUT2D eigenvalue weighted by Gasteiger charge is -2.28. The first-order chi connectivity index (χ1) is 10.7. The standard InChI is InChI=1S/C17H26N2O3/c1-19(17(21)15-7-9-18-10-8-15)11-16(20)13-22-12-14-5-3-2-4-6-14/h2-6,15-16,18,20H,7-13H2,1H3. The van der Waals surface area contributed by atoms with Gasteiger partial charge in [0.15, 0.2) is 0 Å². The number of nitrogens with zero attached hydrogens (tertiary/aromatic N) is 1. The first kappa shape index (κ1) is 16.9. The van der Waals surface area contributed by atoms with Gasteiger partial charge in [-0.15, -0.1) is 0 Å². The molecule has 1 unspecified atom stereocenters. The molecule has 1 atom stereocenters. The van der Waals surface area contributed by atoms with Crippen LogP contribution in [0.3, 0.4) is 0 Å². The lowest BCUT2D eigenvalue weighted by Crippen LogP contribution is -2.42. The van der Waals surface area contributed by atoms with Crippen molar-refractivity contribution in [2.75, 3.05) is 33.3 Å². The van der Waals surface area contributed by atoms with Gasteiger partial charge in [-0.2, -0.15) is 0 Å². The zero-order chi connectivity index (χ0) is 15.8. The second kappa shape index (κ2) is 8.88. The highest BCUT2D eigenvalue weighted by atomic mass is 16.5. The summed E-state index contributed by atoms with van der Waals surface area (Å²) >= 11 is 0. The van der Waals surface area contributed by atoms with E-state index >= 15 is 0 Å². The van der Waals surface area contributed by atoms with Crippen LogP contribution in [0.1, 0.15) is 18.4 Å². The van der Waals surface area contributed by atoms with Crippen LogP contribution in [0.2, 0.25) is 0 Å². The molecule has 122 valence electrons. The molecule has 1 aliphatic rings. The summed E-state index contributed by atoms with van der Waals surface area (Å²) in [6.07, 6.45) is 1.10. The fourth-order valence-corrected chi connectivity index (χ4v) is 2.73. The van der Waals surface area contributed by atoms with E-state index in [1.54, 1.807) is 11.9 Å². The number of carbonyl (C=O) groups is 1. The highest BCUT2D eigenvalue weighted by Gasteiger charge is 2.24. The average Bonchev–Trinajstić information content (AvgIpc) is 2.56. The van der Waals surface area contributed by atoms with Crippen molar-refractivity contribution in [2.24, 2.45) is 5.92 Å². The van der Waals surface area contributed by atoms with Gasteiger partial charge in [-0.3, -0.25) is 4.79 Å². The number of nitrogens with one attached hydrogen (secondary N) is 1. The summed E-state index contributed by atoms with van der Waals surface area (Å²) in [6.45, 7) is 2.82. The molecule has 2 rings (SSSR count). The SMILES string of the molecule is CN(CC(O)COCc1ccccc1)C(=O)C1CCNCC1. The summed E-state index contributed by atoms with van der Waals surface area (Å²) in [4.78, 5) is 13.9. The Morgan fingerprint density at radius 3 is 2.73 bits per heavy atom. The molecule has 0 aromatic heterocycles. The first-order valence-electron chi connectivity index (χ1n) is 7.92. The number of hydrogen-bond donors (Lipinski definition) is 2. The minimum atomic E-state index is -0.653. The third-order valence-corrected chi connectivity index (χ3v) is 3.97. The van der Waals surface area contributed by atoms with Crippen LogP contribution in [0.4, 0.5) is 0 Å². The summed E-state index contributed by atoms with van der Waals surface area (Å²) in [5.74, 6) is 0.215. The number of ether oxygens (including phenoxy) is 1. The van der Waals surface area contributed by atoms with Crippen LogP contribution < -0.4 is 5.32 Å². The highest BCUT2D eigenvalue weighted by Crippen LogP contribution is 2.14. The van der Waals surface area contributed by atoms with Crippen molar-refractivity contribution in [1.29, 1.82) is 0 Å². The van der Waals surface area contributed by atoms with Crippen molar-refractivity contribution < 1.29 is 14.6 Å². The summed E-state index contributed by atoms with van der Waals surface area (Å²) in [7, 11) is 1.75. The topological polar surface area (TPSA) is 61.8 Å². The molecule has 0 bridgehead atoms. The first-order valence-corrected chi connectivity index (χ1v) is 7.92. The van der Waals surface area contributed by atoms with Crippen LogP contribution in [0.5, 0.6) is 0 Å². The van der Waals surface area contributed by atoms with Crippen molar-refractivity contribution in [2.45, 2.75) is 25.6 Å². The Hall–Kier alpha value is -1.43. The summed E-state index contributed by atoms with van der Waals surface area (Å²) in [5, 5.41) is 13.3. The minimum absolute atomic E-state index is 0.0867. The molecular formula is C17H26N2O3. The zero-order valence-electron chi connectivity index (χ0n) is 13.2. The zero-order valence-corrected chi connectivity index (χ0v) is 13.2. The molecule has 1 saturated heterocycles. The summed E-state index contributed by atoms with van der Waals surface area (Å²) < 4.78 is 5.51. The van der Waals surface area contributed by atoms with Gasteiger partial charge < -0.3 is 20.1 Å². The Labute approximate surface area is 132 Å². The fourth-order valence-electron chi connectivity index (χ4n) is 2.73. The van der Waals surface area contributed by atoms with Crippen molar-refractivity contribution in [3.05, 3.63) is 35.9 Å². The van der Waals surface area contributed by atoms with Gasteiger partial charge in [-0.05, 0) is 31.5 Å². The molecule has 5 heteroatoms. The Kier molecular flexibility index (Phi) is 6.83. The van der Waals surface area contributed by atoms with E-state index < -0.39 is 6.10 Å². The second-order valence-electron chi connectivity index (χ2n) is 5.90. The summed E-state index contributed by atoms with van der Waals surface area (Å²) in [5.41, 5.74) is 1.08. The fraction of sp³-hybridized carbons (Fsp3) is 0.588. The third-order valence-electron chi connectivity index (χ3n) is 3.97. The van der Waals surface area contributed by atoms with Crippen molar-refractivity contribution in [3.8, 4) is 0 Å². The van der Waals surface area contributed by atoms with E-state index in [0.717, 1.165) is 31.5 Å². The summed E-state index contributed by atoms with van der Waals surface area (Å²) in [6, 6.07) is 9.85. The van der Waals surface area contributed by atoms with Gasteiger partial charge >= 0.3 is 0 Å². The molecule has 22 heavy (non-hydrogen) atoms. The molecule has 0 aliphatic carbocycles. The van der Waals surface area contributed by atoms with E-state index in [4.69, 9.17) is 4.74 Å². The highest BCUT2D eigenvalue weighted by molar-refractivity contribution is 5.78. The number of piperidine rings is 1. The van der Waals surface area contributed by atoms with Crippen molar-refractivity contribution >= 4 is 5.91 Å². The van der Waals surface area contributed by atoms with Gasteiger partial charge in [-0.25, -0.2) is 0 Å². The van der Waals surface area contributed by atoms with Crippen molar-refractivity contribution in [3.63, 3.8) is 0 Å². The maximum Gasteiger partial charge on any atom is 0.225 e. The lowest BCUT2D eigenvalue weighted by atomic mass is 9.96. The van der Waals surface area contributed by atoms with E-state index in [-0.39, 0.29) is 18.4 Å². The maximum atomic E-state index is 12.3. The number of carbonyl (C=O) groups excluding carboxylic acids is 1. The molecule has 1 aromatic rings. The van der Waals surface area contributed by atoms with Gasteiger partial charge in [0.2, 0.25) is 5.91 Å². The molecule has 2 N–H and O–H groups in total. The predicted molar refractivity (Wildman–Crippen MR) is 85.3 cm³/mol. The number of aliphatic hydroxyl groups excluding tert-OH is 1. The second-order valence-corrected chi connectivity index (χ2v) is 5.90. The average molecular weight is 306 g/mol. The number of aliphatic hydroxyl groups is 1. The smallest absolute Gasteiger partial charge is 0.225 e. The van der Waals surface area contributed by atoms with Gasteiger partial charge in [0.1, 0.15) is 0 Å². The Morgan fingerprint density at radius 1 is 1.36 bits per heavy atom. The van der Waals surface area contributed by atoms with E-state index in [0.29, 0.717) is 13.2 Å². The quantitative estimate of drug-likeness (QED) is 0.790. The Balaban J connectivity index is 1.67. The Bertz CT molecular complexity index is 446.